The molecule has 1 N–H and O–H groups in total. The maximum absolute atomic E-state index is 13.7. The SMILES string of the molecule is CCN(CCO)C(=O)CCc1ncc(-c2ccc(F)cc2F)o1. The van der Waals surface area contributed by atoms with Gasteiger partial charge in [-0.3, -0.25) is 4.79 Å². The number of carbonyl (C=O) groups is 1. The van der Waals surface area contributed by atoms with E-state index in [9.17, 15) is 13.6 Å². The number of rotatable bonds is 7. The van der Waals surface area contributed by atoms with Crippen molar-refractivity contribution in [3.63, 3.8) is 0 Å². The van der Waals surface area contributed by atoms with Crippen molar-refractivity contribution in [2.75, 3.05) is 19.7 Å². The Morgan fingerprint density at radius 3 is 2.83 bits per heavy atom. The zero-order chi connectivity index (χ0) is 16.8. The third-order valence-corrected chi connectivity index (χ3v) is 3.41. The summed E-state index contributed by atoms with van der Waals surface area (Å²) < 4.78 is 32.0. The lowest BCUT2D eigenvalue weighted by molar-refractivity contribution is -0.131. The van der Waals surface area contributed by atoms with Gasteiger partial charge in [-0.1, -0.05) is 0 Å². The van der Waals surface area contributed by atoms with Crippen LogP contribution in [0.4, 0.5) is 8.78 Å². The predicted octanol–water partition coefficient (Wildman–Crippen LogP) is 2.39. The van der Waals surface area contributed by atoms with Gasteiger partial charge in [-0.05, 0) is 19.1 Å². The summed E-state index contributed by atoms with van der Waals surface area (Å²) in [6.45, 7) is 2.53. The number of benzene rings is 1. The van der Waals surface area contributed by atoms with Crippen LogP contribution in [0.15, 0.2) is 28.8 Å². The van der Waals surface area contributed by atoms with Crippen LogP contribution in [0.1, 0.15) is 19.2 Å². The van der Waals surface area contributed by atoms with Crippen molar-refractivity contribution in [2.45, 2.75) is 19.8 Å². The Labute approximate surface area is 132 Å². The minimum absolute atomic E-state index is 0.0907. The molecule has 0 aliphatic carbocycles. The van der Waals surface area contributed by atoms with Crippen LogP contribution in [0.3, 0.4) is 0 Å². The monoisotopic (exact) mass is 324 g/mol. The second-order valence-electron chi connectivity index (χ2n) is 4.94. The van der Waals surface area contributed by atoms with Crippen LogP contribution in [0.5, 0.6) is 0 Å². The van der Waals surface area contributed by atoms with E-state index >= 15 is 0 Å². The van der Waals surface area contributed by atoms with E-state index in [0.717, 1.165) is 12.1 Å². The average Bonchev–Trinajstić information content (AvgIpc) is 2.99. The maximum atomic E-state index is 13.7. The van der Waals surface area contributed by atoms with E-state index in [0.29, 0.717) is 12.4 Å². The standard InChI is InChI=1S/C16H18F2N2O3/c1-2-20(7-8-21)16(22)6-5-15-19-10-14(23-15)12-4-3-11(17)9-13(12)18/h3-4,9-10,21H,2,5-8H2,1H3. The van der Waals surface area contributed by atoms with Crippen molar-refractivity contribution in [1.29, 1.82) is 0 Å². The molecule has 0 radical (unpaired) electrons. The van der Waals surface area contributed by atoms with Crippen molar-refractivity contribution < 1.29 is 23.1 Å². The zero-order valence-corrected chi connectivity index (χ0v) is 12.8. The van der Waals surface area contributed by atoms with Crippen LogP contribution in [-0.2, 0) is 11.2 Å². The molecule has 1 heterocycles. The van der Waals surface area contributed by atoms with Crippen LogP contribution >= 0.6 is 0 Å². The molecule has 1 aromatic heterocycles. The van der Waals surface area contributed by atoms with Crippen LogP contribution < -0.4 is 0 Å². The van der Waals surface area contributed by atoms with Crippen LogP contribution in [0.25, 0.3) is 11.3 Å². The first-order chi connectivity index (χ1) is 11.0. The van der Waals surface area contributed by atoms with Gasteiger partial charge in [0, 0.05) is 32.0 Å². The summed E-state index contributed by atoms with van der Waals surface area (Å²) in [5.41, 5.74) is 0.118. The van der Waals surface area contributed by atoms with Gasteiger partial charge in [-0.2, -0.15) is 0 Å². The van der Waals surface area contributed by atoms with E-state index in [1.54, 1.807) is 0 Å². The topological polar surface area (TPSA) is 66.6 Å². The molecule has 1 amide bonds. The minimum Gasteiger partial charge on any atom is -0.441 e. The van der Waals surface area contributed by atoms with Gasteiger partial charge in [-0.15, -0.1) is 0 Å². The number of aliphatic hydroxyl groups excluding tert-OH is 1. The number of oxazole rings is 1. The molecule has 124 valence electrons. The van der Waals surface area contributed by atoms with Gasteiger partial charge in [0.2, 0.25) is 5.91 Å². The van der Waals surface area contributed by atoms with Gasteiger partial charge in [0.25, 0.3) is 0 Å². The first kappa shape index (κ1) is 17.1. The highest BCUT2D eigenvalue weighted by molar-refractivity contribution is 5.76. The van der Waals surface area contributed by atoms with Gasteiger partial charge < -0.3 is 14.4 Å². The van der Waals surface area contributed by atoms with E-state index in [1.807, 2.05) is 6.92 Å². The molecule has 2 rings (SSSR count). The molecule has 0 atom stereocenters. The summed E-state index contributed by atoms with van der Waals surface area (Å²) in [7, 11) is 0. The van der Waals surface area contributed by atoms with Gasteiger partial charge in [0.15, 0.2) is 11.7 Å². The molecular formula is C16H18F2N2O3. The lowest BCUT2D eigenvalue weighted by Crippen LogP contribution is -2.33. The van der Waals surface area contributed by atoms with Crippen molar-refractivity contribution in [3.05, 3.63) is 41.9 Å². The largest absolute Gasteiger partial charge is 0.441 e. The van der Waals surface area contributed by atoms with Crippen LogP contribution in [-0.4, -0.2) is 40.6 Å². The van der Waals surface area contributed by atoms with Gasteiger partial charge in [0.1, 0.15) is 11.6 Å². The molecule has 0 fully saturated rings. The molecule has 0 saturated carbocycles. The molecule has 1 aromatic carbocycles. The third-order valence-electron chi connectivity index (χ3n) is 3.41. The highest BCUT2D eigenvalue weighted by Crippen LogP contribution is 2.24. The van der Waals surface area contributed by atoms with Crippen LogP contribution in [0.2, 0.25) is 0 Å². The Morgan fingerprint density at radius 1 is 1.39 bits per heavy atom. The molecule has 0 bridgehead atoms. The van der Waals surface area contributed by atoms with Crippen LogP contribution in [0, 0.1) is 11.6 Å². The predicted molar refractivity (Wildman–Crippen MR) is 79.5 cm³/mol. The molecule has 0 aliphatic rings. The number of amides is 1. The molecule has 0 aliphatic heterocycles. The second kappa shape index (κ2) is 7.82. The molecule has 23 heavy (non-hydrogen) atoms. The zero-order valence-electron chi connectivity index (χ0n) is 12.8. The molecule has 2 aromatic rings. The van der Waals surface area contributed by atoms with Crippen molar-refractivity contribution in [1.82, 2.24) is 9.88 Å². The Bertz CT molecular complexity index is 673. The summed E-state index contributed by atoms with van der Waals surface area (Å²) >= 11 is 0. The maximum Gasteiger partial charge on any atom is 0.223 e. The number of aliphatic hydroxyl groups is 1. The van der Waals surface area contributed by atoms with Gasteiger partial charge in [0.05, 0.1) is 18.4 Å². The Balaban J connectivity index is 2.01. The number of likely N-dealkylation sites (N-methyl/N-ethyl adjacent to an activating group) is 1. The molecule has 0 saturated heterocycles. The summed E-state index contributed by atoms with van der Waals surface area (Å²) in [6, 6.07) is 3.19. The smallest absolute Gasteiger partial charge is 0.223 e. The van der Waals surface area contributed by atoms with E-state index in [1.165, 1.54) is 17.2 Å². The quantitative estimate of drug-likeness (QED) is 0.849. The first-order valence-electron chi connectivity index (χ1n) is 7.34. The number of carbonyl (C=O) groups excluding carboxylic acids is 1. The minimum atomic E-state index is -0.733. The number of hydrogen-bond acceptors (Lipinski definition) is 4. The fourth-order valence-electron chi connectivity index (χ4n) is 2.19. The van der Waals surface area contributed by atoms with E-state index < -0.39 is 11.6 Å². The Kier molecular flexibility index (Phi) is 5.81. The fourth-order valence-corrected chi connectivity index (χ4v) is 2.19. The third kappa shape index (κ3) is 4.35. The fraction of sp³-hybridized carbons (Fsp3) is 0.375. The molecule has 5 nitrogen and oxygen atoms in total. The first-order valence-corrected chi connectivity index (χ1v) is 7.34. The summed E-state index contributed by atoms with van der Waals surface area (Å²) in [5.74, 6) is -1.02. The Hall–Kier alpha value is -2.28. The van der Waals surface area contributed by atoms with E-state index in [-0.39, 0.29) is 43.2 Å². The Morgan fingerprint density at radius 2 is 2.17 bits per heavy atom. The van der Waals surface area contributed by atoms with E-state index in [4.69, 9.17) is 9.52 Å². The van der Waals surface area contributed by atoms with Crippen molar-refractivity contribution in [2.24, 2.45) is 0 Å². The number of aromatic nitrogens is 1. The number of halogens is 2. The average molecular weight is 324 g/mol. The molecule has 0 unspecified atom stereocenters. The highest BCUT2D eigenvalue weighted by Gasteiger charge is 2.15. The second-order valence-corrected chi connectivity index (χ2v) is 4.94. The molecule has 0 spiro atoms. The summed E-state index contributed by atoms with van der Waals surface area (Å²) in [5, 5.41) is 8.89. The van der Waals surface area contributed by atoms with E-state index in [2.05, 4.69) is 4.98 Å². The molecule has 7 heteroatoms. The van der Waals surface area contributed by atoms with Gasteiger partial charge in [-0.25, -0.2) is 13.8 Å². The lowest BCUT2D eigenvalue weighted by Gasteiger charge is -2.19. The van der Waals surface area contributed by atoms with Gasteiger partial charge >= 0.3 is 0 Å². The number of aryl methyl sites for hydroxylation is 1. The normalized spacial score (nSPS) is 10.8. The lowest BCUT2D eigenvalue weighted by atomic mass is 10.2. The van der Waals surface area contributed by atoms with Crippen molar-refractivity contribution in [3.8, 4) is 11.3 Å². The van der Waals surface area contributed by atoms with Crippen molar-refractivity contribution >= 4 is 5.91 Å². The summed E-state index contributed by atoms with van der Waals surface area (Å²) in [4.78, 5) is 17.5. The number of nitrogens with zero attached hydrogens (tertiary/aromatic N) is 2. The summed E-state index contributed by atoms with van der Waals surface area (Å²) in [6.07, 6.45) is 1.80. The molecular weight excluding hydrogens is 306 g/mol. The highest BCUT2D eigenvalue weighted by atomic mass is 19.1. The number of hydrogen-bond donors (Lipinski definition) is 1.